The van der Waals surface area contributed by atoms with E-state index in [9.17, 15) is 4.79 Å². The molecule has 1 atom stereocenters. The van der Waals surface area contributed by atoms with Gasteiger partial charge in [-0.25, -0.2) is 4.79 Å². The van der Waals surface area contributed by atoms with E-state index in [0.29, 0.717) is 30.2 Å². The highest BCUT2D eigenvalue weighted by Crippen LogP contribution is 2.23. The SMILES string of the molecule is CCOc1cc(N)ccc1C(=O)OC[C@H](C)N1CCCCC1. The summed E-state index contributed by atoms with van der Waals surface area (Å²) in [5.74, 6) is 0.130. The molecule has 0 aliphatic carbocycles. The van der Waals surface area contributed by atoms with Gasteiger partial charge in [0.05, 0.1) is 6.61 Å². The second-order valence-corrected chi connectivity index (χ2v) is 5.73. The molecule has 22 heavy (non-hydrogen) atoms. The van der Waals surface area contributed by atoms with Gasteiger partial charge in [0, 0.05) is 17.8 Å². The number of ether oxygens (including phenoxy) is 2. The van der Waals surface area contributed by atoms with Crippen LogP contribution in [0.4, 0.5) is 5.69 Å². The van der Waals surface area contributed by atoms with Gasteiger partial charge in [-0.15, -0.1) is 0 Å². The molecule has 2 rings (SSSR count). The van der Waals surface area contributed by atoms with Gasteiger partial charge >= 0.3 is 5.97 Å². The summed E-state index contributed by atoms with van der Waals surface area (Å²) in [6.45, 7) is 7.03. The molecule has 1 aromatic carbocycles. The van der Waals surface area contributed by atoms with E-state index in [-0.39, 0.29) is 12.0 Å². The number of hydrogen-bond donors (Lipinski definition) is 1. The Morgan fingerprint density at radius 3 is 2.73 bits per heavy atom. The van der Waals surface area contributed by atoms with Crippen LogP contribution in [0.3, 0.4) is 0 Å². The van der Waals surface area contributed by atoms with E-state index in [2.05, 4.69) is 11.8 Å². The summed E-state index contributed by atoms with van der Waals surface area (Å²) in [5.41, 5.74) is 6.74. The van der Waals surface area contributed by atoms with Gasteiger partial charge in [0.2, 0.25) is 0 Å². The zero-order valence-corrected chi connectivity index (χ0v) is 13.5. The van der Waals surface area contributed by atoms with Gasteiger partial charge < -0.3 is 15.2 Å². The Morgan fingerprint density at radius 1 is 1.32 bits per heavy atom. The third-order valence-corrected chi connectivity index (χ3v) is 4.00. The van der Waals surface area contributed by atoms with E-state index >= 15 is 0 Å². The van der Waals surface area contributed by atoms with Crippen LogP contribution in [0, 0.1) is 0 Å². The highest BCUT2D eigenvalue weighted by Gasteiger charge is 2.20. The average Bonchev–Trinajstić information content (AvgIpc) is 2.53. The summed E-state index contributed by atoms with van der Waals surface area (Å²) in [6.07, 6.45) is 3.75. The Kier molecular flexibility index (Phi) is 6.07. The van der Waals surface area contributed by atoms with E-state index in [1.54, 1.807) is 18.2 Å². The van der Waals surface area contributed by atoms with Crippen molar-refractivity contribution < 1.29 is 14.3 Å². The lowest BCUT2D eigenvalue weighted by Gasteiger charge is -2.31. The van der Waals surface area contributed by atoms with Gasteiger partial charge in [0.1, 0.15) is 17.9 Å². The van der Waals surface area contributed by atoms with Crippen LogP contribution in [0.25, 0.3) is 0 Å². The molecule has 0 radical (unpaired) electrons. The van der Waals surface area contributed by atoms with E-state index in [1.165, 1.54) is 19.3 Å². The molecule has 0 aromatic heterocycles. The van der Waals surface area contributed by atoms with Crippen molar-refractivity contribution in [2.24, 2.45) is 0 Å². The van der Waals surface area contributed by atoms with Crippen molar-refractivity contribution in [1.82, 2.24) is 4.90 Å². The number of hydrogen-bond acceptors (Lipinski definition) is 5. The first kappa shape index (κ1) is 16.6. The fourth-order valence-electron chi connectivity index (χ4n) is 2.72. The Morgan fingerprint density at radius 2 is 2.05 bits per heavy atom. The summed E-state index contributed by atoms with van der Waals surface area (Å²) in [6, 6.07) is 5.25. The van der Waals surface area contributed by atoms with E-state index < -0.39 is 0 Å². The Labute approximate surface area is 132 Å². The fraction of sp³-hybridized carbons (Fsp3) is 0.588. The van der Waals surface area contributed by atoms with Crippen molar-refractivity contribution in [1.29, 1.82) is 0 Å². The number of likely N-dealkylation sites (tertiary alicyclic amines) is 1. The van der Waals surface area contributed by atoms with Crippen LogP contribution in [-0.2, 0) is 4.74 Å². The topological polar surface area (TPSA) is 64.8 Å². The Balaban J connectivity index is 1.94. The van der Waals surface area contributed by atoms with E-state index in [0.717, 1.165) is 13.1 Å². The van der Waals surface area contributed by atoms with Crippen LogP contribution in [-0.4, -0.2) is 43.2 Å². The molecular formula is C17H26N2O3. The number of nitrogens with zero attached hydrogens (tertiary/aromatic N) is 1. The minimum Gasteiger partial charge on any atom is -0.493 e. The lowest BCUT2D eigenvalue weighted by molar-refractivity contribution is 0.0343. The molecule has 2 N–H and O–H groups in total. The van der Waals surface area contributed by atoms with Crippen LogP contribution in [0.2, 0.25) is 0 Å². The van der Waals surface area contributed by atoms with Crippen LogP contribution < -0.4 is 10.5 Å². The molecule has 0 amide bonds. The molecule has 1 heterocycles. The summed E-state index contributed by atoms with van der Waals surface area (Å²) < 4.78 is 10.9. The number of rotatable bonds is 6. The van der Waals surface area contributed by atoms with Gasteiger partial charge in [-0.05, 0) is 51.9 Å². The quantitative estimate of drug-likeness (QED) is 0.646. The number of nitrogens with two attached hydrogens (primary N) is 1. The molecule has 1 fully saturated rings. The van der Waals surface area contributed by atoms with Crippen LogP contribution in [0.5, 0.6) is 5.75 Å². The van der Waals surface area contributed by atoms with Crippen molar-refractivity contribution in [2.75, 3.05) is 32.0 Å². The fourth-order valence-corrected chi connectivity index (χ4v) is 2.72. The predicted octanol–water partition coefficient (Wildman–Crippen LogP) is 2.70. The summed E-state index contributed by atoms with van der Waals surface area (Å²) in [5, 5.41) is 0. The maximum atomic E-state index is 12.3. The number of esters is 1. The van der Waals surface area contributed by atoms with Crippen LogP contribution in [0.1, 0.15) is 43.5 Å². The first-order valence-electron chi connectivity index (χ1n) is 8.05. The van der Waals surface area contributed by atoms with Crippen molar-refractivity contribution in [2.45, 2.75) is 39.2 Å². The van der Waals surface area contributed by atoms with Crippen LogP contribution in [0.15, 0.2) is 18.2 Å². The molecule has 0 saturated carbocycles. The Bertz CT molecular complexity index is 499. The molecule has 0 spiro atoms. The average molecular weight is 306 g/mol. The first-order valence-corrected chi connectivity index (χ1v) is 8.05. The molecule has 0 bridgehead atoms. The van der Waals surface area contributed by atoms with Crippen molar-refractivity contribution in [3.8, 4) is 5.75 Å². The third kappa shape index (κ3) is 4.37. The number of nitrogen functional groups attached to an aromatic ring is 1. The molecule has 1 saturated heterocycles. The molecule has 5 heteroatoms. The predicted molar refractivity (Wildman–Crippen MR) is 87.2 cm³/mol. The van der Waals surface area contributed by atoms with Gasteiger partial charge in [-0.3, -0.25) is 4.90 Å². The number of carbonyl (C=O) groups is 1. The largest absolute Gasteiger partial charge is 0.493 e. The van der Waals surface area contributed by atoms with Crippen molar-refractivity contribution in [3.05, 3.63) is 23.8 Å². The molecule has 0 unspecified atom stereocenters. The standard InChI is InChI=1S/C17H26N2O3/c1-3-21-16-11-14(18)7-8-15(16)17(20)22-12-13(2)19-9-5-4-6-10-19/h7-8,11,13H,3-6,9-10,12,18H2,1-2H3/t13-/m0/s1. The van der Waals surface area contributed by atoms with Gasteiger partial charge in [-0.2, -0.15) is 0 Å². The highest BCUT2D eigenvalue weighted by atomic mass is 16.5. The molecule has 122 valence electrons. The maximum absolute atomic E-state index is 12.3. The highest BCUT2D eigenvalue weighted by molar-refractivity contribution is 5.93. The molecule has 1 aliphatic rings. The minimum absolute atomic E-state index is 0.244. The number of piperidine rings is 1. The number of benzene rings is 1. The van der Waals surface area contributed by atoms with Crippen LogP contribution >= 0.6 is 0 Å². The van der Waals surface area contributed by atoms with Crippen molar-refractivity contribution >= 4 is 11.7 Å². The van der Waals surface area contributed by atoms with Gasteiger partial charge in [-0.1, -0.05) is 6.42 Å². The third-order valence-electron chi connectivity index (χ3n) is 4.00. The molecule has 1 aromatic rings. The smallest absolute Gasteiger partial charge is 0.341 e. The maximum Gasteiger partial charge on any atom is 0.341 e. The molecular weight excluding hydrogens is 280 g/mol. The minimum atomic E-state index is -0.354. The summed E-state index contributed by atoms with van der Waals surface area (Å²) >= 11 is 0. The summed E-state index contributed by atoms with van der Waals surface area (Å²) in [4.78, 5) is 14.7. The van der Waals surface area contributed by atoms with E-state index in [4.69, 9.17) is 15.2 Å². The lowest BCUT2D eigenvalue weighted by Crippen LogP contribution is -2.40. The van der Waals surface area contributed by atoms with Gasteiger partial charge in [0.25, 0.3) is 0 Å². The van der Waals surface area contributed by atoms with Crippen molar-refractivity contribution in [3.63, 3.8) is 0 Å². The number of carbonyl (C=O) groups excluding carboxylic acids is 1. The zero-order chi connectivity index (χ0) is 15.9. The molecule has 5 nitrogen and oxygen atoms in total. The van der Waals surface area contributed by atoms with E-state index in [1.807, 2.05) is 6.92 Å². The summed E-state index contributed by atoms with van der Waals surface area (Å²) in [7, 11) is 0. The molecule has 1 aliphatic heterocycles. The normalized spacial score (nSPS) is 17.0. The monoisotopic (exact) mass is 306 g/mol. The first-order chi connectivity index (χ1) is 10.6. The second-order valence-electron chi connectivity index (χ2n) is 5.73. The van der Waals surface area contributed by atoms with Gasteiger partial charge in [0.15, 0.2) is 0 Å². The Hall–Kier alpha value is -1.75. The lowest BCUT2D eigenvalue weighted by atomic mass is 10.1. The second kappa shape index (κ2) is 8.03. The number of anilines is 1. The zero-order valence-electron chi connectivity index (χ0n) is 13.5.